The van der Waals surface area contributed by atoms with Gasteiger partial charge in [0.25, 0.3) is 0 Å². The zero-order valence-electron chi connectivity index (χ0n) is 18.4. The lowest BCUT2D eigenvalue weighted by atomic mass is 10.1. The van der Waals surface area contributed by atoms with Gasteiger partial charge in [0.05, 0.1) is 29.5 Å². The number of unbranched alkanes of at least 4 members (excludes halogenated alkanes) is 2. The highest BCUT2D eigenvalue weighted by Gasteiger charge is 2.39. The summed E-state index contributed by atoms with van der Waals surface area (Å²) >= 11 is 0. The maximum atomic E-state index is 11.3. The molecule has 0 unspecified atom stereocenters. The fourth-order valence-corrected chi connectivity index (χ4v) is 3.32. The van der Waals surface area contributed by atoms with E-state index in [-0.39, 0.29) is 24.5 Å². The van der Waals surface area contributed by atoms with E-state index in [0.717, 1.165) is 24.3 Å². The Balaban J connectivity index is 2.02. The van der Waals surface area contributed by atoms with Gasteiger partial charge in [-0.15, -0.1) is 0 Å². The molecule has 0 heterocycles. The molecule has 0 saturated heterocycles. The molecule has 196 valence electrons. The highest BCUT2D eigenvalue weighted by molar-refractivity contribution is 5.79. The molecule has 0 spiro atoms. The molecule has 2 aromatic carbocycles. The minimum absolute atomic E-state index is 0.0684. The van der Waals surface area contributed by atoms with Gasteiger partial charge >= 0.3 is 34.1 Å². The third kappa shape index (κ3) is 6.32. The van der Waals surface area contributed by atoms with Gasteiger partial charge in [0.1, 0.15) is 11.4 Å². The van der Waals surface area contributed by atoms with E-state index in [1.165, 1.54) is 0 Å². The molecule has 0 aliphatic rings. The number of nitro groups is 6. The van der Waals surface area contributed by atoms with E-state index in [2.05, 4.69) is 10.6 Å². The molecule has 20 nitrogen and oxygen atoms in total. The fraction of sp³-hybridized carbons (Fsp3) is 0.294. The molecule has 2 aromatic rings. The molecular weight excluding hydrogens is 508 g/mol. The first-order valence-electron chi connectivity index (χ1n) is 10.1. The standard InChI is InChI=1S/C17H16N8O12/c26-20(27)12-6-4-10(14(22(30)31)16(12)24(34)35)18-8-2-1-3-9-19-11-5-7-13(21(28)29)17(25(36)37)15(11)23(32)33/h4-7,18-19H,1-3,8-9H2. The first-order chi connectivity index (χ1) is 17.4. The number of nitrogens with zero attached hydrogens (tertiary/aromatic N) is 6. The Bertz CT molecular complexity index is 1200. The second-order valence-corrected chi connectivity index (χ2v) is 7.12. The summed E-state index contributed by atoms with van der Waals surface area (Å²) in [6.07, 6.45) is 1.09. The van der Waals surface area contributed by atoms with Gasteiger partial charge in [0, 0.05) is 25.2 Å². The molecule has 0 aliphatic carbocycles. The Labute approximate surface area is 203 Å². The van der Waals surface area contributed by atoms with E-state index < -0.39 is 63.7 Å². The molecule has 0 amide bonds. The molecule has 0 atom stereocenters. The Morgan fingerprint density at radius 2 is 0.784 bits per heavy atom. The smallest absolute Gasteiger partial charge is 0.379 e. The molecular formula is C17H16N8O12. The lowest BCUT2D eigenvalue weighted by Crippen LogP contribution is -2.09. The quantitative estimate of drug-likeness (QED) is 0.202. The van der Waals surface area contributed by atoms with Gasteiger partial charge in [-0.05, 0) is 31.4 Å². The number of benzene rings is 2. The molecule has 20 heteroatoms. The summed E-state index contributed by atoms with van der Waals surface area (Å²) in [5.74, 6) is 0. The van der Waals surface area contributed by atoms with Crippen LogP contribution in [-0.4, -0.2) is 42.6 Å². The minimum atomic E-state index is -1.26. The third-order valence-corrected chi connectivity index (χ3v) is 4.87. The monoisotopic (exact) mass is 524 g/mol. The van der Waals surface area contributed by atoms with Crippen molar-refractivity contribution in [1.29, 1.82) is 0 Å². The van der Waals surface area contributed by atoms with Crippen LogP contribution in [0.2, 0.25) is 0 Å². The van der Waals surface area contributed by atoms with E-state index in [0.29, 0.717) is 19.3 Å². The van der Waals surface area contributed by atoms with Gasteiger partial charge in [-0.1, -0.05) is 0 Å². The summed E-state index contributed by atoms with van der Waals surface area (Å²) in [6, 6.07) is 3.50. The van der Waals surface area contributed by atoms with E-state index in [1.807, 2.05) is 0 Å². The lowest BCUT2D eigenvalue weighted by Gasteiger charge is -2.09. The van der Waals surface area contributed by atoms with Crippen molar-refractivity contribution in [1.82, 2.24) is 0 Å². The number of hydrogen-bond acceptors (Lipinski definition) is 14. The van der Waals surface area contributed by atoms with Crippen LogP contribution in [0.4, 0.5) is 45.5 Å². The topological polar surface area (TPSA) is 283 Å². The van der Waals surface area contributed by atoms with Crippen molar-refractivity contribution in [3.63, 3.8) is 0 Å². The van der Waals surface area contributed by atoms with Crippen LogP contribution >= 0.6 is 0 Å². The summed E-state index contributed by atoms with van der Waals surface area (Å²) in [5, 5.41) is 72.2. The number of nitro benzene ring substituents is 6. The molecule has 2 rings (SSSR count). The van der Waals surface area contributed by atoms with Crippen LogP contribution in [0.25, 0.3) is 0 Å². The van der Waals surface area contributed by atoms with Gasteiger partial charge < -0.3 is 10.6 Å². The van der Waals surface area contributed by atoms with E-state index in [9.17, 15) is 60.7 Å². The highest BCUT2D eigenvalue weighted by atomic mass is 16.7. The summed E-state index contributed by atoms with van der Waals surface area (Å²) in [4.78, 5) is 60.2. The van der Waals surface area contributed by atoms with Crippen molar-refractivity contribution < 1.29 is 29.5 Å². The fourth-order valence-electron chi connectivity index (χ4n) is 3.32. The number of nitrogens with one attached hydrogen (secondary N) is 2. The predicted octanol–water partition coefficient (Wildman–Crippen LogP) is 3.83. The Morgan fingerprint density at radius 3 is 1.05 bits per heavy atom. The summed E-state index contributed by atoms with van der Waals surface area (Å²) in [7, 11) is 0. The van der Waals surface area contributed by atoms with Gasteiger partial charge in [-0.2, -0.15) is 0 Å². The average molecular weight is 524 g/mol. The number of anilines is 2. The van der Waals surface area contributed by atoms with Gasteiger partial charge in [0.2, 0.25) is 0 Å². The maximum absolute atomic E-state index is 11.3. The second kappa shape index (κ2) is 11.7. The summed E-state index contributed by atoms with van der Waals surface area (Å²) in [5.41, 5.74) is -7.31. The van der Waals surface area contributed by atoms with E-state index in [1.54, 1.807) is 0 Å². The Kier molecular flexibility index (Phi) is 8.77. The van der Waals surface area contributed by atoms with Crippen LogP contribution in [0.1, 0.15) is 19.3 Å². The molecule has 0 bridgehead atoms. The van der Waals surface area contributed by atoms with Crippen molar-refractivity contribution in [3.8, 4) is 0 Å². The normalized spacial score (nSPS) is 10.4. The minimum Gasteiger partial charge on any atom is -0.379 e. The second-order valence-electron chi connectivity index (χ2n) is 7.12. The van der Waals surface area contributed by atoms with Crippen LogP contribution in [0.5, 0.6) is 0 Å². The molecule has 37 heavy (non-hydrogen) atoms. The van der Waals surface area contributed by atoms with Crippen molar-refractivity contribution in [2.24, 2.45) is 0 Å². The number of rotatable bonds is 14. The van der Waals surface area contributed by atoms with Crippen LogP contribution in [-0.2, 0) is 0 Å². The summed E-state index contributed by atoms with van der Waals surface area (Å²) in [6.45, 7) is 0.137. The molecule has 0 aliphatic heterocycles. The molecule has 0 aromatic heterocycles. The maximum Gasteiger partial charge on any atom is 0.424 e. The zero-order valence-corrected chi connectivity index (χ0v) is 18.4. The van der Waals surface area contributed by atoms with E-state index >= 15 is 0 Å². The summed E-state index contributed by atoms with van der Waals surface area (Å²) < 4.78 is 0. The Morgan fingerprint density at radius 1 is 0.459 bits per heavy atom. The van der Waals surface area contributed by atoms with Crippen molar-refractivity contribution in [2.45, 2.75) is 19.3 Å². The van der Waals surface area contributed by atoms with Gasteiger partial charge in [0.15, 0.2) is 0 Å². The SMILES string of the molecule is O=[N+]([O-])c1ccc(NCCCCCNc2ccc([N+](=O)[O-])c([N+](=O)[O-])c2[N+](=O)[O-])c([N+](=O)[O-])c1[N+](=O)[O-]. The van der Waals surface area contributed by atoms with Crippen LogP contribution < -0.4 is 10.6 Å². The van der Waals surface area contributed by atoms with Crippen LogP contribution in [0, 0.1) is 60.7 Å². The van der Waals surface area contributed by atoms with Gasteiger partial charge in [-0.25, -0.2) is 0 Å². The molecule has 0 saturated carbocycles. The zero-order chi connectivity index (χ0) is 27.9. The van der Waals surface area contributed by atoms with Crippen molar-refractivity contribution in [2.75, 3.05) is 23.7 Å². The first-order valence-corrected chi connectivity index (χ1v) is 10.1. The highest BCUT2D eigenvalue weighted by Crippen LogP contribution is 2.42. The lowest BCUT2D eigenvalue weighted by molar-refractivity contribution is -0.440. The third-order valence-electron chi connectivity index (χ3n) is 4.87. The average Bonchev–Trinajstić information content (AvgIpc) is 2.81. The number of hydrogen-bond donors (Lipinski definition) is 2. The predicted molar refractivity (Wildman–Crippen MR) is 124 cm³/mol. The molecule has 0 radical (unpaired) electrons. The largest absolute Gasteiger partial charge is 0.424 e. The first kappa shape index (κ1) is 27.7. The Hall–Kier alpha value is -5.56. The van der Waals surface area contributed by atoms with Gasteiger partial charge in [-0.3, -0.25) is 60.7 Å². The van der Waals surface area contributed by atoms with Crippen molar-refractivity contribution >= 4 is 45.5 Å². The van der Waals surface area contributed by atoms with E-state index in [4.69, 9.17) is 0 Å². The van der Waals surface area contributed by atoms with Crippen molar-refractivity contribution in [3.05, 3.63) is 85.0 Å². The molecule has 0 fully saturated rings. The van der Waals surface area contributed by atoms with Crippen LogP contribution in [0.15, 0.2) is 24.3 Å². The molecule has 2 N–H and O–H groups in total. The van der Waals surface area contributed by atoms with Crippen LogP contribution in [0.3, 0.4) is 0 Å².